The van der Waals surface area contributed by atoms with Crippen molar-refractivity contribution in [3.63, 3.8) is 0 Å². The molecule has 2 heterocycles. The average Bonchev–Trinajstić information content (AvgIpc) is 3.39. The Balaban J connectivity index is 1.55. The summed E-state index contributed by atoms with van der Waals surface area (Å²) >= 11 is 1.13. The normalized spacial score (nSPS) is 15.5. The number of benzene rings is 1. The number of nitrogens with zero attached hydrogens (tertiary/aromatic N) is 1. The van der Waals surface area contributed by atoms with Gasteiger partial charge in [0, 0.05) is 24.0 Å². The zero-order valence-corrected chi connectivity index (χ0v) is 19.4. The number of aromatic nitrogens is 2. The number of rotatable bonds is 8. The molecule has 4 rings (SSSR count). The third-order valence-electron chi connectivity index (χ3n) is 5.77. The Morgan fingerprint density at radius 3 is 2.82 bits per heavy atom. The van der Waals surface area contributed by atoms with Crippen LogP contribution in [0.5, 0.6) is 0 Å². The fourth-order valence-electron chi connectivity index (χ4n) is 3.81. The SMILES string of the molecule is CC(C)(O)C(F)CNC(=O)c1cnc(Nc2ccc3[nH]c(=O)sc3c2)cc1NC1CCCC1. The molecule has 2 aromatic heterocycles. The number of hydrogen-bond acceptors (Lipinski definition) is 7. The van der Waals surface area contributed by atoms with Crippen LogP contribution in [0, 0.1) is 0 Å². The van der Waals surface area contributed by atoms with Gasteiger partial charge in [0.25, 0.3) is 5.91 Å². The lowest BCUT2D eigenvalue weighted by Gasteiger charge is -2.23. The number of H-pyrrole nitrogens is 1. The summed E-state index contributed by atoms with van der Waals surface area (Å²) in [6.45, 7) is 2.43. The van der Waals surface area contributed by atoms with Crippen molar-refractivity contribution < 1.29 is 14.3 Å². The van der Waals surface area contributed by atoms with E-state index in [9.17, 15) is 19.1 Å². The molecule has 1 aliphatic rings. The first-order chi connectivity index (χ1) is 15.7. The second kappa shape index (κ2) is 9.48. The lowest BCUT2D eigenvalue weighted by Crippen LogP contribution is -2.42. The number of alkyl halides is 1. The second-order valence-electron chi connectivity index (χ2n) is 8.92. The molecule has 5 N–H and O–H groups in total. The van der Waals surface area contributed by atoms with Gasteiger partial charge in [0.1, 0.15) is 12.0 Å². The quantitative estimate of drug-likeness (QED) is 0.338. The molecule has 0 bridgehead atoms. The molecule has 10 heteroatoms. The molecule has 1 saturated carbocycles. The van der Waals surface area contributed by atoms with Gasteiger partial charge in [-0.05, 0) is 44.9 Å². The number of halogens is 1. The van der Waals surface area contributed by atoms with Crippen LogP contribution in [-0.2, 0) is 0 Å². The smallest absolute Gasteiger partial charge is 0.305 e. The van der Waals surface area contributed by atoms with Crippen molar-refractivity contribution in [1.29, 1.82) is 0 Å². The zero-order chi connectivity index (χ0) is 23.6. The minimum atomic E-state index is -1.60. The molecule has 1 amide bonds. The Labute approximate surface area is 194 Å². The summed E-state index contributed by atoms with van der Waals surface area (Å²) in [7, 11) is 0. The van der Waals surface area contributed by atoms with Crippen LogP contribution in [-0.4, -0.2) is 45.3 Å². The molecule has 33 heavy (non-hydrogen) atoms. The molecular weight excluding hydrogens is 445 g/mol. The van der Waals surface area contributed by atoms with Gasteiger partial charge < -0.3 is 26.0 Å². The molecule has 1 fully saturated rings. The van der Waals surface area contributed by atoms with E-state index in [0.717, 1.165) is 52.9 Å². The number of thiazole rings is 1. The van der Waals surface area contributed by atoms with Gasteiger partial charge in [-0.1, -0.05) is 24.2 Å². The third-order valence-corrected chi connectivity index (χ3v) is 6.61. The van der Waals surface area contributed by atoms with Crippen molar-refractivity contribution in [1.82, 2.24) is 15.3 Å². The number of amides is 1. The van der Waals surface area contributed by atoms with E-state index in [1.165, 1.54) is 20.0 Å². The predicted octanol–water partition coefficient (Wildman–Crippen LogP) is 3.92. The van der Waals surface area contributed by atoms with Crippen molar-refractivity contribution in [3.8, 4) is 0 Å². The van der Waals surface area contributed by atoms with E-state index in [4.69, 9.17) is 0 Å². The summed E-state index contributed by atoms with van der Waals surface area (Å²) in [6.07, 6.45) is 4.15. The van der Waals surface area contributed by atoms with Gasteiger partial charge in [0.05, 0.1) is 33.6 Å². The first-order valence-corrected chi connectivity index (χ1v) is 11.8. The van der Waals surface area contributed by atoms with Crippen molar-refractivity contribution in [3.05, 3.63) is 45.7 Å². The number of pyridine rings is 1. The van der Waals surface area contributed by atoms with E-state index in [1.54, 1.807) is 6.07 Å². The van der Waals surface area contributed by atoms with E-state index in [2.05, 4.69) is 25.9 Å². The fraction of sp³-hybridized carbons (Fsp3) is 0.435. The Hall–Kier alpha value is -2.98. The number of fused-ring (bicyclic) bond motifs is 1. The van der Waals surface area contributed by atoms with Crippen LogP contribution in [0.1, 0.15) is 49.9 Å². The average molecular weight is 474 g/mol. The van der Waals surface area contributed by atoms with Crippen LogP contribution in [0.2, 0.25) is 0 Å². The standard InChI is InChI=1S/C23H28FN5O3S/c1-23(2,32)19(24)12-26-21(30)15-11-25-20(10-17(15)27-13-5-3-4-6-13)28-14-7-8-16-18(9-14)33-22(31)29-16/h7-11,13,19,32H,3-6,12H2,1-2H3,(H,26,30)(H,29,31)(H2,25,27,28). The molecule has 1 aromatic carbocycles. The molecule has 3 aromatic rings. The molecule has 0 aliphatic heterocycles. The topological polar surface area (TPSA) is 119 Å². The highest BCUT2D eigenvalue weighted by molar-refractivity contribution is 7.16. The summed E-state index contributed by atoms with van der Waals surface area (Å²) in [6, 6.07) is 7.55. The number of aromatic amines is 1. The van der Waals surface area contributed by atoms with Crippen LogP contribution >= 0.6 is 11.3 Å². The van der Waals surface area contributed by atoms with Gasteiger partial charge in [-0.2, -0.15) is 0 Å². The number of hydrogen-bond donors (Lipinski definition) is 5. The van der Waals surface area contributed by atoms with Crippen LogP contribution in [0.4, 0.5) is 21.6 Å². The molecular formula is C23H28FN5O3S. The summed E-state index contributed by atoms with van der Waals surface area (Å²) in [5, 5.41) is 19.0. The van der Waals surface area contributed by atoms with Gasteiger partial charge in [-0.15, -0.1) is 0 Å². The molecule has 0 radical (unpaired) electrons. The van der Waals surface area contributed by atoms with Gasteiger partial charge in [0.2, 0.25) is 0 Å². The van der Waals surface area contributed by atoms with Gasteiger partial charge >= 0.3 is 4.87 Å². The largest absolute Gasteiger partial charge is 0.387 e. The van der Waals surface area contributed by atoms with Crippen molar-refractivity contribution in [2.24, 2.45) is 0 Å². The molecule has 0 spiro atoms. The van der Waals surface area contributed by atoms with E-state index in [1.807, 2.05) is 18.2 Å². The summed E-state index contributed by atoms with van der Waals surface area (Å²) in [5.41, 5.74) is 0.923. The van der Waals surface area contributed by atoms with Crippen LogP contribution < -0.4 is 20.8 Å². The molecule has 1 atom stereocenters. The highest BCUT2D eigenvalue weighted by Crippen LogP contribution is 2.28. The number of carbonyl (C=O) groups is 1. The Morgan fingerprint density at radius 2 is 2.09 bits per heavy atom. The van der Waals surface area contributed by atoms with Crippen molar-refractivity contribution in [2.45, 2.75) is 57.3 Å². The highest BCUT2D eigenvalue weighted by atomic mass is 32.1. The van der Waals surface area contributed by atoms with Crippen LogP contribution in [0.25, 0.3) is 10.2 Å². The van der Waals surface area contributed by atoms with Gasteiger partial charge in [0.15, 0.2) is 0 Å². The monoisotopic (exact) mass is 473 g/mol. The zero-order valence-electron chi connectivity index (χ0n) is 18.6. The Bertz CT molecular complexity index is 1200. The lowest BCUT2D eigenvalue weighted by molar-refractivity contribution is -0.00177. The number of nitrogens with one attached hydrogen (secondary N) is 4. The van der Waals surface area contributed by atoms with Crippen LogP contribution in [0.3, 0.4) is 0 Å². The molecule has 0 saturated heterocycles. The van der Waals surface area contributed by atoms with Crippen molar-refractivity contribution >= 4 is 44.7 Å². The maximum absolute atomic E-state index is 14.1. The first-order valence-electron chi connectivity index (χ1n) is 11.0. The van der Waals surface area contributed by atoms with E-state index < -0.39 is 17.7 Å². The minimum Gasteiger partial charge on any atom is -0.387 e. The number of aliphatic hydroxyl groups is 1. The number of anilines is 3. The molecule has 1 unspecified atom stereocenters. The fourth-order valence-corrected chi connectivity index (χ4v) is 4.59. The molecule has 8 nitrogen and oxygen atoms in total. The highest BCUT2D eigenvalue weighted by Gasteiger charge is 2.27. The summed E-state index contributed by atoms with van der Waals surface area (Å²) < 4.78 is 14.9. The third kappa shape index (κ3) is 5.69. The maximum atomic E-state index is 14.1. The Morgan fingerprint density at radius 1 is 1.33 bits per heavy atom. The van der Waals surface area contributed by atoms with E-state index >= 15 is 0 Å². The minimum absolute atomic E-state index is 0.112. The van der Waals surface area contributed by atoms with E-state index in [0.29, 0.717) is 17.1 Å². The van der Waals surface area contributed by atoms with Crippen molar-refractivity contribution in [2.75, 3.05) is 17.2 Å². The summed E-state index contributed by atoms with van der Waals surface area (Å²) in [4.78, 5) is 31.4. The second-order valence-corrected chi connectivity index (χ2v) is 9.94. The molecule has 176 valence electrons. The number of carbonyl (C=O) groups excluding carboxylic acids is 1. The Kier molecular flexibility index (Phi) is 6.66. The van der Waals surface area contributed by atoms with E-state index in [-0.39, 0.29) is 17.5 Å². The van der Waals surface area contributed by atoms with Gasteiger partial charge in [-0.3, -0.25) is 9.59 Å². The molecule has 1 aliphatic carbocycles. The lowest BCUT2D eigenvalue weighted by atomic mass is 10.0. The maximum Gasteiger partial charge on any atom is 0.305 e. The van der Waals surface area contributed by atoms with Gasteiger partial charge in [-0.25, -0.2) is 9.37 Å². The first kappa shape index (κ1) is 23.2. The predicted molar refractivity (Wildman–Crippen MR) is 129 cm³/mol. The summed E-state index contributed by atoms with van der Waals surface area (Å²) in [5.74, 6) is 0.0779. The van der Waals surface area contributed by atoms with Crippen LogP contribution in [0.15, 0.2) is 35.3 Å².